The van der Waals surface area contributed by atoms with Gasteiger partial charge in [0.15, 0.2) is 0 Å². The molecule has 0 aromatic rings. The van der Waals surface area contributed by atoms with Crippen LogP contribution in [0.2, 0.25) is 0 Å². The molecule has 0 aliphatic rings. The van der Waals surface area contributed by atoms with Crippen molar-refractivity contribution < 1.29 is 24.5 Å². The van der Waals surface area contributed by atoms with E-state index in [-0.39, 0.29) is 24.9 Å². The van der Waals surface area contributed by atoms with E-state index in [1.54, 1.807) is 0 Å². The van der Waals surface area contributed by atoms with Crippen LogP contribution in [0.25, 0.3) is 0 Å². The normalized spacial score (nSPS) is 14.1. The van der Waals surface area contributed by atoms with Gasteiger partial charge in [-0.15, -0.1) is 0 Å². The van der Waals surface area contributed by atoms with E-state index < -0.39 is 18.2 Å². The molecule has 0 heterocycles. The first-order chi connectivity index (χ1) is 34.5. The van der Waals surface area contributed by atoms with Gasteiger partial charge in [-0.25, -0.2) is 0 Å². The van der Waals surface area contributed by atoms with E-state index in [0.29, 0.717) is 19.3 Å². The Morgan fingerprint density at radius 1 is 0.443 bits per heavy atom. The Labute approximate surface area is 431 Å². The van der Waals surface area contributed by atoms with E-state index in [4.69, 9.17) is 4.74 Å². The molecule has 0 saturated heterocycles. The molecule has 1 amide bonds. The second-order valence-electron chi connectivity index (χ2n) is 19.1. The van der Waals surface area contributed by atoms with Gasteiger partial charge in [0.25, 0.3) is 0 Å². The van der Waals surface area contributed by atoms with Crippen LogP contribution in [0.4, 0.5) is 0 Å². The van der Waals surface area contributed by atoms with E-state index in [0.717, 1.165) is 116 Å². The van der Waals surface area contributed by atoms with Crippen molar-refractivity contribution in [3.05, 3.63) is 122 Å². The number of hydrogen-bond donors (Lipinski definition) is 3. The van der Waals surface area contributed by atoms with E-state index in [1.165, 1.54) is 83.5 Å². The number of ether oxygens (including phenoxy) is 1. The van der Waals surface area contributed by atoms with Gasteiger partial charge in [-0.05, 0) is 89.9 Å². The highest BCUT2D eigenvalue weighted by molar-refractivity contribution is 5.77. The molecule has 3 N–H and O–H groups in total. The molecule has 398 valence electrons. The van der Waals surface area contributed by atoms with Crippen molar-refractivity contribution in [1.82, 2.24) is 5.32 Å². The maximum atomic E-state index is 13.3. The van der Waals surface area contributed by atoms with Gasteiger partial charge in [-0.2, -0.15) is 0 Å². The summed E-state index contributed by atoms with van der Waals surface area (Å²) < 4.78 is 5.93. The maximum absolute atomic E-state index is 13.3. The molecular formula is C64H107NO5. The SMILES string of the molecule is CC/C=C\C/C=C\C/C=C\C/C=C\C/C=C\CCCCCC(=O)OC(CCCCC/C=C/C=C/C=C/C=C/C=C/CCC)CC(=O)NC(CO)C(O)CCCCCCCCCCCCCCCCCC. The first-order valence-corrected chi connectivity index (χ1v) is 28.8. The summed E-state index contributed by atoms with van der Waals surface area (Å²) >= 11 is 0. The second-order valence-corrected chi connectivity index (χ2v) is 19.1. The highest BCUT2D eigenvalue weighted by Gasteiger charge is 2.24. The summed E-state index contributed by atoms with van der Waals surface area (Å²) in [5.41, 5.74) is 0. The molecular weight excluding hydrogens is 863 g/mol. The van der Waals surface area contributed by atoms with Crippen LogP contribution in [0, 0.1) is 0 Å². The molecule has 0 aliphatic carbocycles. The van der Waals surface area contributed by atoms with Crippen LogP contribution >= 0.6 is 0 Å². The molecule has 6 nitrogen and oxygen atoms in total. The Balaban J connectivity index is 4.72. The molecule has 0 aromatic carbocycles. The minimum absolute atomic E-state index is 0.0283. The predicted octanol–water partition coefficient (Wildman–Crippen LogP) is 18.0. The molecule has 0 aliphatic heterocycles. The number of carbonyl (C=O) groups is 2. The Morgan fingerprint density at radius 3 is 1.36 bits per heavy atom. The maximum Gasteiger partial charge on any atom is 0.306 e. The molecule has 70 heavy (non-hydrogen) atoms. The molecule has 0 saturated carbocycles. The van der Waals surface area contributed by atoms with Crippen LogP contribution in [0.1, 0.15) is 245 Å². The number of nitrogens with one attached hydrogen (secondary N) is 1. The molecule has 6 heteroatoms. The summed E-state index contributed by atoms with van der Waals surface area (Å²) in [6.07, 6.45) is 78.3. The number of carbonyl (C=O) groups excluding carboxylic acids is 2. The average Bonchev–Trinajstić information content (AvgIpc) is 3.35. The lowest BCUT2D eigenvalue weighted by atomic mass is 10.0. The fraction of sp³-hybridized carbons (Fsp3) is 0.656. The van der Waals surface area contributed by atoms with Crippen LogP contribution in [0.3, 0.4) is 0 Å². The topological polar surface area (TPSA) is 95.9 Å². The molecule has 0 rings (SSSR count). The van der Waals surface area contributed by atoms with E-state index in [9.17, 15) is 19.8 Å². The van der Waals surface area contributed by atoms with Crippen LogP contribution in [0.5, 0.6) is 0 Å². The standard InChI is InChI=1S/C64H107NO5/c1-4-7-10-13-16-19-22-25-28-31-32-33-36-39-42-45-48-51-54-57-64(69)70-60(55-52-49-46-43-40-37-34-29-26-23-20-17-14-11-8-5-2)58-63(68)65-61(59-66)62(67)56-53-50-47-44-41-38-35-30-27-24-21-18-15-12-9-6-3/h7,10-11,14,16-17,19-20,23,25-26,28-29,32-34,37,39-40,42,60-62,66-67H,4-6,8-9,12-13,15,18,21-22,24,27,30-31,35-36,38,41,43-59H2,1-3H3,(H,65,68)/b10-7-,14-11+,19-16-,20-17+,26-23+,28-25-,33-32-,34-29+,40-37+,42-39-. The fourth-order valence-electron chi connectivity index (χ4n) is 8.08. The van der Waals surface area contributed by atoms with Crippen molar-refractivity contribution in [1.29, 1.82) is 0 Å². The number of amides is 1. The predicted molar refractivity (Wildman–Crippen MR) is 305 cm³/mol. The minimum atomic E-state index is -0.815. The summed E-state index contributed by atoms with van der Waals surface area (Å²) in [6.45, 7) is 6.27. The van der Waals surface area contributed by atoms with Crippen LogP contribution in [-0.2, 0) is 14.3 Å². The number of allylic oxidation sites excluding steroid dienone is 20. The fourth-order valence-corrected chi connectivity index (χ4v) is 8.08. The van der Waals surface area contributed by atoms with Crippen molar-refractivity contribution in [3.63, 3.8) is 0 Å². The van der Waals surface area contributed by atoms with Crippen LogP contribution in [0.15, 0.2) is 122 Å². The lowest BCUT2D eigenvalue weighted by Gasteiger charge is -2.24. The summed E-state index contributed by atoms with van der Waals surface area (Å²) in [7, 11) is 0. The first-order valence-electron chi connectivity index (χ1n) is 28.8. The zero-order valence-corrected chi connectivity index (χ0v) is 45.4. The van der Waals surface area contributed by atoms with Gasteiger partial charge in [0.05, 0.1) is 25.2 Å². The summed E-state index contributed by atoms with van der Waals surface area (Å²) in [5, 5.41) is 23.9. The monoisotopic (exact) mass is 970 g/mol. The Kier molecular flexibility index (Phi) is 53.2. The van der Waals surface area contributed by atoms with E-state index in [2.05, 4.69) is 111 Å². The third kappa shape index (κ3) is 50.6. The number of hydrogen-bond acceptors (Lipinski definition) is 5. The molecule has 0 fully saturated rings. The van der Waals surface area contributed by atoms with Crippen molar-refractivity contribution in [2.45, 2.75) is 264 Å². The van der Waals surface area contributed by atoms with Gasteiger partial charge in [-0.3, -0.25) is 9.59 Å². The third-order valence-electron chi connectivity index (χ3n) is 12.4. The average molecular weight is 971 g/mol. The third-order valence-corrected chi connectivity index (χ3v) is 12.4. The second kappa shape index (κ2) is 56.2. The Hall–Kier alpha value is -3.74. The molecule has 0 spiro atoms. The Bertz CT molecular complexity index is 1460. The molecule has 3 unspecified atom stereocenters. The number of aliphatic hydroxyl groups is 2. The van der Waals surface area contributed by atoms with Crippen molar-refractivity contribution >= 4 is 11.9 Å². The minimum Gasteiger partial charge on any atom is -0.462 e. The van der Waals surface area contributed by atoms with Crippen molar-refractivity contribution in [2.24, 2.45) is 0 Å². The van der Waals surface area contributed by atoms with Gasteiger partial charge in [0.1, 0.15) is 6.10 Å². The smallest absolute Gasteiger partial charge is 0.306 e. The highest BCUT2D eigenvalue weighted by Crippen LogP contribution is 2.17. The number of aliphatic hydroxyl groups excluding tert-OH is 2. The number of esters is 1. The van der Waals surface area contributed by atoms with Crippen molar-refractivity contribution in [3.8, 4) is 0 Å². The quantitative estimate of drug-likeness (QED) is 0.0244. The van der Waals surface area contributed by atoms with E-state index >= 15 is 0 Å². The van der Waals surface area contributed by atoms with Crippen LogP contribution in [-0.4, -0.2) is 46.9 Å². The summed E-state index contributed by atoms with van der Waals surface area (Å²) in [5.74, 6) is -0.561. The lowest BCUT2D eigenvalue weighted by molar-refractivity contribution is -0.151. The lowest BCUT2D eigenvalue weighted by Crippen LogP contribution is -2.46. The van der Waals surface area contributed by atoms with Gasteiger partial charge in [-0.1, -0.05) is 264 Å². The summed E-state index contributed by atoms with van der Waals surface area (Å²) in [6, 6.07) is -0.733. The number of rotatable bonds is 50. The van der Waals surface area contributed by atoms with Gasteiger partial charge >= 0.3 is 5.97 Å². The molecule has 0 radical (unpaired) electrons. The zero-order valence-electron chi connectivity index (χ0n) is 45.4. The molecule has 3 atom stereocenters. The number of unbranched alkanes of at least 4 members (excludes halogenated alkanes) is 22. The molecule has 0 bridgehead atoms. The Morgan fingerprint density at radius 2 is 0.857 bits per heavy atom. The van der Waals surface area contributed by atoms with Gasteiger partial charge in [0, 0.05) is 6.42 Å². The summed E-state index contributed by atoms with van der Waals surface area (Å²) in [4.78, 5) is 26.3. The van der Waals surface area contributed by atoms with Crippen LogP contribution < -0.4 is 5.32 Å². The zero-order chi connectivity index (χ0) is 50.9. The highest BCUT2D eigenvalue weighted by atomic mass is 16.5. The molecule has 0 aromatic heterocycles. The van der Waals surface area contributed by atoms with Gasteiger partial charge in [0.2, 0.25) is 5.91 Å². The van der Waals surface area contributed by atoms with Gasteiger partial charge < -0.3 is 20.3 Å². The van der Waals surface area contributed by atoms with E-state index in [1.807, 2.05) is 36.5 Å². The van der Waals surface area contributed by atoms with Crippen molar-refractivity contribution in [2.75, 3.05) is 6.61 Å². The first kappa shape index (κ1) is 66.3. The largest absolute Gasteiger partial charge is 0.462 e.